The number of nitrogens with zero attached hydrogens (tertiary/aromatic N) is 1. The second-order valence-electron chi connectivity index (χ2n) is 4.43. The van der Waals surface area contributed by atoms with Crippen LogP contribution in [0.1, 0.15) is 6.42 Å². The zero-order chi connectivity index (χ0) is 14.0. The molecule has 1 heterocycles. The molecule has 7 heteroatoms. The van der Waals surface area contributed by atoms with E-state index in [-0.39, 0.29) is 6.42 Å². The molecule has 0 bridgehead atoms. The van der Waals surface area contributed by atoms with Crippen LogP contribution in [0, 0.1) is 0 Å². The van der Waals surface area contributed by atoms with Gasteiger partial charge in [-0.2, -0.15) is 0 Å². The number of carboxylic acid groups (broad SMARTS) is 1. The molecule has 1 atom stereocenters. The van der Waals surface area contributed by atoms with Crippen LogP contribution >= 0.6 is 0 Å². The number of fused-ring (bicyclic) bond motifs is 1. The summed E-state index contributed by atoms with van der Waals surface area (Å²) in [4.78, 5) is 26.0. The van der Waals surface area contributed by atoms with Gasteiger partial charge in [-0.15, -0.1) is 0 Å². The number of aromatic nitrogens is 1. The predicted molar refractivity (Wildman–Crippen MR) is 70.3 cm³/mol. The summed E-state index contributed by atoms with van der Waals surface area (Å²) in [6, 6.07) is 4.77. The lowest BCUT2D eigenvalue weighted by atomic mass is 10.2. The maximum absolute atomic E-state index is 11.0. The third-order valence-electron chi connectivity index (χ3n) is 2.79. The summed E-state index contributed by atoms with van der Waals surface area (Å²) >= 11 is 0. The van der Waals surface area contributed by atoms with Gasteiger partial charge in [0.25, 0.3) is 0 Å². The first-order chi connectivity index (χ1) is 8.95. The highest BCUT2D eigenvalue weighted by atomic mass is 16.4. The SMILES string of the molecule is CN(CC(N)CC(=O)O)c1ccc2oc(=O)[nH]c2c1. The van der Waals surface area contributed by atoms with E-state index >= 15 is 0 Å². The quantitative estimate of drug-likeness (QED) is 0.719. The first-order valence-corrected chi connectivity index (χ1v) is 5.77. The van der Waals surface area contributed by atoms with E-state index < -0.39 is 17.8 Å². The summed E-state index contributed by atoms with van der Waals surface area (Å²) in [6.45, 7) is 0.403. The molecule has 4 N–H and O–H groups in total. The number of aromatic amines is 1. The molecular formula is C12H15N3O4. The minimum Gasteiger partial charge on any atom is -0.481 e. The predicted octanol–water partition coefficient (Wildman–Crippen LogP) is 0.359. The molecule has 19 heavy (non-hydrogen) atoms. The highest BCUT2D eigenvalue weighted by molar-refractivity contribution is 5.77. The highest BCUT2D eigenvalue weighted by Crippen LogP contribution is 2.19. The Balaban J connectivity index is 2.14. The van der Waals surface area contributed by atoms with Crippen molar-refractivity contribution in [1.29, 1.82) is 0 Å². The number of nitrogens with one attached hydrogen (secondary N) is 1. The van der Waals surface area contributed by atoms with E-state index in [1.54, 1.807) is 25.2 Å². The normalized spacial score (nSPS) is 12.5. The summed E-state index contributed by atoms with van der Waals surface area (Å²) in [6.07, 6.45) is -0.0882. The summed E-state index contributed by atoms with van der Waals surface area (Å²) in [5.74, 6) is -1.42. The van der Waals surface area contributed by atoms with Crippen LogP contribution in [0.3, 0.4) is 0 Å². The van der Waals surface area contributed by atoms with Gasteiger partial charge < -0.3 is 20.2 Å². The van der Waals surface area contributed by atoms with Crippen LogP contribution in [0.15, 0.2) is 27.4 Å². The zero-order valence-corrected chi connectivity index (χ0v) is 10.4. The molecule has 0 fully saturated rings. The number of rotatable bonds is 5. The number of nitrogens with two attached hydrogens (primary N) is 1. The summed E-state index contributed by atoms with van der Waals surface area (Å²) in [5.41, 5.74) is 7.64. The van der Waals surface area contributed by atoms with E-state index in [0.717, 1.165) is 5.69 Å². The lowest BCUT2D eigenvalue weighted by Crippen LogP contribution is -2.36. The van der Waals surface area contributed by atoms with Gasteiger partial charge in [-0.1, -0.05) is 0 Å². The van der Waals surface area contributed by atoms with Crippen molar-refractivity contribution in [3.8, 4) is 0 Å². The number of likely N-dealkylation sites (N-methyl/N-ethyl adjacent to an activating group) is 1. The Hall–Kier alpha value is -2.28. The van der Waals surface area contributed by atoms with Crippen LogP contribution in [-0.4, -0.2) is 35.7 Å². The number of anilines is 1. The number of carboxylic acids is 1. The topological polar surface area (TPSA) is 113 Å². The van der Waals surface area contributed by atoms with Crippen LogP contribution < -0.4 is 16.4 Å². The molecule has 0 amide bonds. The highest BCUT2D eigenvalue weighted by Gasteiger charge is 2.12. The van der Waals surface area contributed by atoms with Gasteiger partial charge in [0.15, 0.2) is 5.58 Å². The Morgan fingerprint density at radius 3 is 3.00 bits per heavy atom. The molecule has 0 saturated carbocycles. The van der Waals surface area contributed by atoms with E-state index in [1.165, 1.54) is 0 Å². The summed E-state index contributed by atoms with van der Waals surface area (Å²) in [5, 5.41) is 8.66. The molecule has 0 saturated heterocycles. The Bertz CT molecular complexity index is 646. The lowest BCUT2D eigenvalue weighted by molar-refractivity contribution is -0.137. The fourth-order valence-corrected chi connectivity index (χ4v) is 1.92. The Morgan fingerprint density at radius 2 is 2.32 bits per heavy atom. The van der Waals surface area contributed by atoms with Crippen LogP contribution in [0.4, 0.5) is 5.69 Å². The van der Waals surface area contributed by atoms with Gasteiger partial charge in [0.2, 0.25) is 0 Å². The molecular weight excluding hydrogens is 250 g/mol. The van der Waals surface area contributed by atoms with Gasteiger partial charge in [-0.25, -0.2) is 4.79 Å². The fourth-order valence-electron chi connectivity index (χ4n) is 1.92. The molecule has 7 nitrogen and oxygen atoms in total. The third kappa shape index (κ3) is 3.14. The van der Waals surface area contributed by atoms with E-state index in [2.05, 4.69) is 4.98 Å². The van der Waals surface area contributed by atoms with Gasteiger partial charge in [-0.05, 0) is 18.2 Å². The number of carbonyl (C=O) groups is 1. The molecule has 0 spiro atoms. The van der Waals surface area contributed by atoms with Crippen molar-refractivity contribution in [3.63, 3.8) is 0 Å². The number of benzene rings is 1. The van der Waals surface area contributed by atoms with Gasteiger partial charge in [0.1, 0.15) is 0 Å². The number of H-pyrrole nitrogens is 1. The van der Waals surface area contributed by atoms with E-state index in [0.29, 0.717) is 17.6 Å². The van der Waals surface area contributed by atoms with Crippen molar-refractivity contribution < 1.29 is 14.3 Å². The van der Waals surface area contributed by atoms with Crippen LogP contribution in [0.2, 0.25) is 0 Å². The van der Waals surface area contributed by atoms with Crippen molar-refractivity contribution in [3.05, 3.63) is 28.7 Å². The van der Waals surface area contributed by atoms with Crippen molar-refractivity contribution in [2.24, 2.45) is 5.73 Å². The number of aliphatic carboxylic acids is 1. The van der Waals surface area contributed by atoms with Gasteiger partial charge in [0.05, 0.1) is 11.9 Å². The molecule has 102 valence electrons. The second kappa shape index (κ2) is 5.15. The lowest BCUT2D eigenvalue weighted by Gasteiger charge is -2.22. The fraction of sp³-hybridized carbons (Fsp3) is 0.333. The standard InChI is InChI=1S/C12H15N3O4/c1-15(6-7(13)4-11(16)17)8-2-3-10-9(5-8)14-12(18)19-10/h2-3,5,7H,4,6,13H2,1H3,(H,14,18)(H,16,17). The van der Waals surface area contributed by atoms with Crippen LogP contribution in [0.5, 0.6) is 0 Å². The summed E-state index contributed by atoms with van der Waals surface area (Å²) in [7, 11) is 1.81. The Kier molecular flexibility index (Phi) is 3.57. The molecule has 2 rings (SSSR count). The largest absolute Gasteiger partial charge is 0.481 e. The number of hydrogen-bond donors (Lipinski definition) is 3. The molecule has 1 unspecified atom stereocenters. The first kappa shape index (κ1) is 13.2. The Morgan fingerprint density at radius 1 is 1.58 bits per heavy atom. The molecule has 0 aliphatic carbocycles. The average Bonchev–Trinajstić information content (AvgIpc) is 2.66. The van der Waals surface area contributed by atoms with Gasteiger partial charge in [0, 0.05) is 25.3 Å². The van der Waals surface area contributed by atoms with E-state index in [9.17, 15) is 9.59 Å². The molecule has 1 aromatic carbocycles. The molecule has 0 aliphatic heterocycles. The maximum atomic E-state index is 11.0. The third-order valence-corrected chi connectivity index (χ3v) is 2.79. The van der Waals surface area contributed by atoms with Crippen molar-refractivity contribution in [1.82, 2.24) is 4.98 Å². The van der Waals surface area contributed by atoms with Gasteiger partial charge in [-0.3, -0.25) is 9.78 Å². The van der Waals surface area contributed by atoms with E-state index in [4.69, 9.17) is 15.3 Å². The van der Waals surface area contributed by atoms with Crippen molar-refractivity contribution in [2.45, 2.75) is 12.5 Å². The first-order valence-electron chi connectivity index (χ1n) is 5.77. The molecule has 0 aliphatic rings. The molecule has 0 radical (unpaired) electrons. The van der Waals surface area contributed by atoms with Crippen LogP contribution in [0.25, 0.3) is 11.1 Å². The van der Waals surface area contributed by atoms with Crippen molar-refractivity contribution in [2.75, 3.05) is 18.5 Å². The monoisotopic (exact) mass is 265 g/mol. The van der Waals surface area contributed by atoms with Gasteiger partial charge >= 0.3 is 11.7 Å². The Labute approximate surface area is 108 Å². The second-order valence-corrected chi connectivity index (χ2v) is 4.43. The zero-order valence-electron chi connectivity index (χ0n) is 10.4. The number of oxazole rings is 1. The smallest absolute Gasteiger partial charge is 0.417 e. The minimum atomic E-state index is -0.921. The molecule has 1 aromatic heterocycles. The van der Waals surface area contributed by atoms with E-state index in [1.807, 2.05) is 4.90 Å². The van der Waals surface area contributed by atoms with Crippen LogP contribution in [-0.2, 0) is 4.79 Å². The maximum Gasteiger partial charge on any atom is 0.417 e. The number of hydrogen-bond acceptors (Lipinski definition) is 5. The average molecular weight is 265 g/mol. The molecule has 2 aromatic rings. The summed E-state index contributed by atoms with van der Waals surface area (Å²) < 4.78 is 4.90. The minimum absolute atomic E-state index is 0.0882. The van der Waals surface area contributed by atoms with Crippen molar-refractivity contribution >= 4 is 22.8 Å².